The van der Waals surface area contributed by atoms with E-state index in [0.29, 0.717) is 6.54 Å². The van der Waals surface area contributed by atoms with Crippen molar-refractivity contribution in [3.8, 4) is 0 Å². The summed E-state index contributed by atoms with van der Waals surface area (Å²) in [5, 5.41) is 11.9. The molecule has 5 heteroatoms. The van der Waals surface area contributed by atoms with Crippen LogP contribution >= 0.6 is 15.9 Å². The van der Waals surface area contributed by atoms with E-state index in [1.54, 1.807) is 0 Å². The summed E-state index contributed by atoms with van der Waals surface area (Å²) in [5.41, 5.74) is 0.519. The van der Waals surface area contributed by atoms with E-state index in [2.05, 4.69) is 21.2 Å². The largest absolute Gasteiger partial charge is 0.481 e. The Balaban J connectivity index is 1.97. The normalized spacial score (nSPS) is 23.7. The van der Waals surface area contributed by atoms with Crippen LogP contribution in [0.5, 0.6) is 0 Å². The number of rotatable bonds is 4. The quantitative estimate of drug-likeness (QED) is 0.893. The van der Waals surface area contributed by atoms with E-state index in [1.165, 1.54) is 0 Å². The summed E-state index contributed by atoms with van der Waals surface area (Å²) in [4.78, 5) is 23.1. The number of carbonyl (C=O) groups excluding carboxylic acids is 1. The molecule has 4 nitrogen and oxygen atoms in total. The molecular weight excluding hydrogens is 310 g/mol. The average molecular weight is 326 g/mol. The van der Waals surface area contributed by atoms with Gasteiger partial charge >= 0.3 is 5.97 Å². The number of hydrogen-bond acceptors (Lipinski definition) is 2. The average Bonchev–Trinajstić information content (AvgIpc) is 2.91. The van der Waals surface area contributed by atoms with Gasteiger partial charge in [0.2, 0.25) is 5.91 Å². The lowest BCUT2D eigenvalue weighted by Gasteiger charge is -2.07. The van der Waals surface area contributed by atoms with Crippen LogP contribution in [0.4, 0.5) is 0 Å². The molecule has 0 aliphatic heterocycles. The molecule has 2 rings (SSSR count). The van der Waals surface area contributed by atoms with Gasteiger partial charge in [0.15, 0.2) is 0 Å². The monoisotopic (exact) mass is 325 g/mol. The highest BCUT2D eigenvalue weighted by atomic mass is 79.9. The lowest BCUT2D eigenvalue weighted by atomic mass is 10.1. The second-order valence-electron chi connectivity index (χ2n) is 5.42. The van der Waals surface area contributed by atoms with E-state index in [4.69, 9.17) is 5.11 Å². The molecule has 1 aromatic rings. The second-order valence-corrected chi connectivity index (χ2v) is 6.28. The summed E-state index contributed by atoms with van der Waals surface area (Å²) in [5.74, 6) is -2.10. The Morgan fingerprint density at radius 2 is 1.95 bits per heavy atom. The van der Waals surface area contributed by atoms with Gasteiger partial charge in [0.1, 0.15) is 0 Å². The van der Waals surface area contributed by atoms with Crippen LogP contribution in [-0.4, -0.2) is 17.0 Å². The van der Waals surface area contributed by atoms with Crippen molar-refractivity contribution in [1.29, 1.82) is 0 Å². The van der Waals surface area contributed by atoms with Crippen molar-refractivity contribution >= 4 is 27.8 Å². The molecule has 1 aliphatic rings. The van der Waals surface area contributed by atoms with E-state index < -0.39 is 23.2 Å². The van der Waals surface area contributed by atoms with Gasteiger partial charge in [0.05, 0.1) is 11.8 Å². The molecule has 1 amide bonds. The van der Waals surface area contributed by atoms with Crippen LogP contribution in [0, 0.1) is 17.3 Å². The fourth-order valence-electron chi connectivity index (χ4n) is 2.52. The minimum Gasteiger partial charge on any atom is -0.481 e. The smallest absolute Gasteiger partial charge is 0.307 e. The summed E-state index contributed by atoms with van der Waals surface area (Å²) in [6, 6.07) is 7.62. The Labute approximate surface area is 120 Å². The van der Waals surface area contributed by atoms with Gasteiger partial charge in [-0.25, -0.2) is 0 Å². The molecule has 0 heterocycles. The van der Waals surface area contributed by atoms with Crippen LogP contribution in [0.2, 0.25) is 0 Å². The molecule has 1 aromatic carbocycles. The molecule has 1 fully saturated rings. The summed E-state index contributed by atoms with van der Waals surface area (Å²) in [6.45, 7) is 4.03. The van der Waals surface area contributed by atoms with Crippen LogP contribution in [0.25, 0.3) is 0 Å². The number of carboxylic acids is 1. The molecule has 1 aliphatic carbocycles. The van der Waals surface area contributed by atoms with Gasteiger partial charge in [-0.3, -0.25) is 9.59 Å². The fraction of sp³-hybridized carbons (Fsp3) is 0.429. The Kier molecular flexibility index (Phi) is 3.67. The molecule has 0 radical (unpaired) electrons. The van der Waals surface area contributed by atoms with Crippen LogP contribution < -0.4 is 5.32 Å². The maximum atomic E-state index is 12.0. The van der Waals surface area contributed by atoms with Crippen molar-refractivity contribution < 1.29 is 14.7 Å². The predicted molar refractivity (Wildman–Crippen MR) is 74.4 cm³/mol. The second kappa shape index (κ2) is 4.96. The van der Waals surface area contributed by atoms with Gasteiger partial charge in [-0.2, -0.15) is 0 Å². The third-order valence-corrected chi connectivity index (χ3v) is 4.56. The summed E-state index contributed by atoms with van der Waals surface area (Å²) in [7, 11) is 0. The SMILES string of the molecule is CC1(C)C(C(=O)O)C1C(=O)NCc1ccccc1Br. The highest BCUT2D eigenvalue weighted by Gasteiger charge is 2.65. The predicted octanol–water partition coefficient (Wildman–Crippen LogP) is 2.42. The van der Waals surface area contributed by atoms with Gasteiger partial charge < -0.3 is 10.4 Å². The Hall–Kier alpha value is -1.36. The van der Waals surface area contributed by atoms with Gasteiger partial charge in [-0.15, -0.1) is 0 Å². The Bertz CT molecular complexity index is 527. The first-order valence-electron chi connectivity index (χ1n) is 6.09. The zero-order valence-electron chi connectivity index (χ0n) is 10.8. The van der Waals surface area contributed by atoms with Crippen molar-refractivity contribution in [2.75, 3.05) is 0 Å². The van der Waals surface area contributed by atoms with E-state index in [-0.39, 0.29) is 5.91 Å². The number of benzene rings is 1. The molecule has 0 bridgehead atoms. The first-order chi connectivity index (χ1) is 8.85. The molecule has 2 N–H and O–H groups in total. The van der Waals surface area contributed by atoms with Crippen LogP contribution in [-0.2, 0) is 16.1 Å². The van der Waals surface area contributed by atoms with Gasteiger partial charge in [0, 0.05) is 11.0 Å². The highest BCUT2D eigenvalue weighted by molar-refractivity contribution is 9.10. The van der Waals surface area contributed by atoms with Gasteiger partial charge in [0.25, 0.3) is 0 Å². The molecule has 2 atom stereocenters. The van der Waals surface area contributed by atoms with Gasteiger partial charge in [-0.1, -0.05) is 48.0 Å². The maximum Gasteiger partial charge on any atom is 0.307 e. The number of halogens is 1. The molecule has 0 spiro atoms. The zero-order valence-corrected chi connectivity index (χ0v) is 12.4. The topological polar surface area (TPSA) is 66.4 Å². The van der Waals surface area contributed by atoms with Gasteiger partial charge in [-0.05, 0) is 17.0 Å². The van der Waals surface area contributed by atoms with Crippen molar-refractivity contribution in [1.82, 2.24) is 5.32 Å². The molecule has 1 saturated carbocycles. The van der Waals surface area contributed by atoms with Crippen molar-refractivity contribution in [2.45, 2.75) is 20.4 Å². The van der Waals surface area contributed by atoms with E-state index >= 15 is 0 Å². The Morgan fingerprint density at radius 3 is 2.47 bits per heavy atom. The van der Waals surface area contributed by atoms with Crippen molar-refractivity contribution in [3.05, 3.63) is 34.3 Å². The van der Waals surface area contributed by atoms with E-state index in [1.807, 2.05) is 38.1 Å². The lowest BCUT2D eigenvalue weighted by molar-refractivity contribution is -0.140. The molecule has 0 saturated heterocycles. The fourth-order valence-corrected chi connectivity index (χ4v) is 2.95. The first-order valence-corrected chi connectivity index (χ1v) is 6.89. The Morgan fingerprint density at radius 1 is 1.32 bits per heavy atom. The zero-order chi connectivity index (χ0) is 14.2. The van der Waals surface area contributed by atoms with Crippen LogP contribution in [0.15, 0.2) is 28.7 Å². The third-order valence-electron chi connectivity index (χ3n) is 3.79. The molecule has 2 unspecified atom stereocenters. The molecule has 19 heavy (non-hydrogen) atoms. The number of carbonyl (C=O) groups is 2. The highest BCUT2D eigenvalue weighted by Crippen LogP contribution is 2.58. The molecular formula is C14H16BrNO3. The van der Waals surface area contributed by atoms with E-state index in [9.17, 15) is 9.59 Å². The first kappa shape index (κ1) is 14.1. The third kappa shape index (κ3) is 2.66. The minimum absolute atomic E-state index is 0.187. The van der Waals surface area contributed by atoms with Crippen LogP contribution in [0.1, 0.15) is 19.4 Å². The summed E-state index contributed by atoms with van der Waals surface area (Å²) in [6.07, 6.45) is 0. The van der Waals surface area contributed by atoms with Crippen LogP contribution in [0.3, 0.4) is 0 Å². The molecule has 0 aromatic heterocycles. The number of nitrogens with one attached hydrogen (secondary N) is 1. The standard InChI is InChI=1S/C14H16BrNO3/c1-14(2)10(11(14)13(18)19)12(17)16-7-8-5-3-4-6-9(8)15/h3-6,10-11H,7H2,1-2H3,(H,16,17)(H,18,19). The minimum atomic E-state index is -0.897. The number of aliphatic carboxylic acids is 1. The number of amides is 1. The lowest BCUT2D eigenvalue weighted by Crippen LogP contribution is -2.26. The maximum absolute atomic E-state index is 12.0. The van der Waals surface area contributed by atoms with Crippen molar-refractivity contribution in [3.63, 3.8) is 0 Å². The molecule has 102 valence electrons. The van der Waals surface area contributed by atoms with Crippen molar-refractivity contribution in [2.24, 2.45) is 17.3 Å². The number of hydrogen-bond donors (Lipinski definition) is 2. The number of carboxylic acid groups (broad SMARTS) is 1. The summed E-state index contributed by atoms with van der Waals surface area (Å²) < 4.78 is 0.931. The van der Waals surface area contributed by atoms with E-state index in [0.717, 1.165) is 10.0 Å². The summed E-state index contributed by atoms with van der Waals surface area (Å²) >= 11 is 3.41.